The molecular formula is C36H50O2. The van der Waals surface area contributed by atoms with Crippen molar-refractivity contribution in [2.24, 2.45) is 0 Å². The van der Waals surface area contributed by atoms with Crippen molar-refractivity contribution in [3.05, 3.63) is 78.4 Å². The zero-order valence-corrected chi connectivity index (χ0v) is 24.2. The number of benzene rings is 3. The summed E-state index contributed by atoms with van der Waals surface area (Å²) in [6.07, 6.45) is 18.0. The Bertz CT molecular complexity index is 1010. The second-order valence-corrected chi connectivity index (χ2v) is 10.7. The lowest BCUT2D eigenvalue weighted by molar-refractivity contribution is 0.119. The predicted molar refractivity (Wildman–Crippen MR) is 164 cm³/mol. The molecule has 1 atom stereocenters. The fourth-order valence-electron chi connectivity index (χ4n) is 5.10. The fraction of sp³-hybridized carbons (Fsp3) is 0.500. The Balaban J connectivity index is 1.36. The first kappa shape index (κ1) is 30.0. The minimum Gasteiger partial charge on any atom is -0.494 e. The number of ether oxygens (including phenoxy) is 2. The minimum atomic E-state index is 0.103. The largest absolute Gasteiger partial charge is 0.494 e. The molecule has 3 rings (SSSR count). The van der Waals surface area contributed by atoms with Crippen LogP contribution in [0.5, 0.6) is 5.75 Å². The Morgan fingerprint density at radius 3 is 1.47 bits per heavy atom. The summed E-state index contributed by atoms with van der Waals surface area (Å²) in [6.45, 7) is 5.17. The van der Waals surface area contributed by atoms with Crippen molar-refractivity contribution in [2.45, 2.75) is 103 Å². The zero-order valence-electron chi connectivity index (χ0n) is 24.2. The molecule has 0 N–H and O–H groups in total. The van der Waals surface area contributed by atoms with Crippen molar-refractivity contribution in [1.29, 1.82) is 0 Å². The Morgan fingerprint density at radius 1 is 0.553 bits per heavy atom. The van der Waals surface area contributed by atoms with Gasteiger partial charge < -0.3 is 9.47 Å². The molecule has 0 aromatic heterocycles. The summed E-state index contributed by atoms with van der Waals surface area (Å²) in [6, 6.07) is 25.9. The third-order valence-corrected chi connectivity index (χ3v) is 7.65. The van der Waals surface area contributed by atoms with Crippen molar-refractivity contribution < 1.29 is 9.47 Å². The van der Waals surface area contributed by atoms with Gasteiger partial charge in [-0.2, -0.15) is 0 Å². The highest BCUT2D eigenvalue weighted by Crippen LogP contribution is 2.33. The van der Waals surface area contributed by atoms with E-state index in [4.69, 9.17) is 9.47 Å². The van der Waals surface area contributed by atoms with Crippen LogP contribution in [0.25, 0.3) is 22.3 Å². The Kier molecular flexibility index (Phi) is 14.1. The van der Waals surface area contributed by atoms with Crippen LogP contribution in [-0.4, -0.2) is 13.7 Å². The first-order chi connectivity index (χ1) is 18.7. The Labute approximate surface area is 232 Å². The van der Waals surface area contributed by atoms with Gasteiger partial charge in [0.2, 0.25) is 0 Å². The van der Waals surface area contributed by atoms with E-state index in [0.717, 1.165) is 18.8 Å². The molecule has 3 aromatic rings. The third-order valence-electron chi connectivity index (χ3n) is 7.65. The second kappa shape index (κ2) is 17.8. The van der Waals surface area contributed by atoms with E-state index in [1.807, 2.05) is 0 Å². The van der Waals surface area contributed by atoms with Crippen LogP contribution in [0.15, 0.2) is 72.8 Å². The monoisotopic (exact) mass is 514 g/mol. The summed E-state index contributed by atoms with van der Waals surface area (Å²) in [5.41, 5.74) is 6.10. The van der Waals surface area contributed by atoms with Crippen LogP contribution < -0.4 is 4.74 Å². The van der Waals surface area contributed by atoms with Gasteiger partial charge in [0.05, 0.1) is 12.7 Å². The molecule has 0 amide bonds. The molecule has 0 saturated heterocycles. The van der Waals surface area contributed by atoms with Crippen molar-refractivity contribution in [1.82, 2.24) is 0 Å². The molecule has 206 valence electrons. The minimum absolute atomic E-state index is 0.103. The zero-order chi connectivity index (χ0) is 26.8. The average molecular weight is 515 g/mol. The van der Waals surface area contributed by atoms with E-state index in [1.165, 1.54) is 105 Å². The van der Waals surface area contributed by atoms with E-state index in [-0.39, 0.29) is 6.10 Å². The highest BCUT2D eigenvalue weighted by Gasteiger charge is 2.09. The lowest BCUT2D eigenvalue weighted by Crippen LogP contribution is -1.97. The van der Waals surface area contributed by atoms with Crippen molar-refractivity contribution in [3.63, 3.8) is 0 Å². The van der Waals surface area contributed by atoms with Crippen LogP contribution >= 0.6 is 0 Å². The van der Waals surface area contributed by atoms with Crippen LogP contribution in [0.3, 0.4) is 0 Å². The number of unbranched alkanes of at least 4 members (excludes halogenated alkanes) is 12. The van der Waals surface area contributed by atoms with Crippen LogP contribution in [-0.2, 0) is 4.74 Å². The molecule has 2 nitrogen and oxygen atoms in total. The fourth-order valence-corrected chi connectivity index (χ4v) is 5.10. The maximum Gasteiger partial charge on any atom is 0.119 e. The van der Waals surface area contributed by atoms with Gasteiger partial charge in [0.15, 0.2) is 0 Å². The quantitative estimate of drug-likeness (QED) is 0.148. The molecule has 1 unspecified atom stereocenters. The topological polar surface area (TPSA) is 18.5 Å². The van der Waals surface area contributed by atoms with Gasteiger partial charge >= 0.3 is 0 Å². The van der Waals surface area contributed by atoms with Crippen LogP contribution in [0, 0.1) is 0 Å². The summed E-state index contributed by atoms with van der Waals surface area (Å²) in [5, 5.41) is 0. The van der Waals surface area contributed by atoms with Crippen molar-refractivity contribution in [2.75, 3.05) is 13.7 Å². The van der Waals surface area contributed by atoms with Gasteiger partial charge in [-0.15, -0.1) is 0 Å². The standard InChI is InChI=1S/C36H50O2/c1-4-5-6-7-8-9-10-11-12-13-14-15-18-29-38-34-27-25-33(26-28-34)36-20-17-16-19-35(36)32-23-21-31(22-24-32)30(2)37-3/h16-17,19-28,30H,4-15,18,29H2,1-3H3. The van der Waals surface area contributed by atoms with E-state index in [2.05, 4.69) is 86.6 Å². The summed E-state index contributed by atoms with van der Waals surface area (Å²) in [7, 11) is 1.75. The molecule has 0 saturated carbocycles. The number of rotatable bonds is 19. The predicted octanol–water partition coefficient (Wildman–Crippen LogP) is 11.2. The normalized spacial score (nSPS) is 12.0. The molecule has 0 bridgehead atoms. The smallest absolute Gasteiger partial charge is 0.119 e. The molecule has 0 aliphatic carbocycles. The Hall–Kier alpha value is -2.58. The average Bonchev–Trinajstić information content (AvgIpc) is 2.97. The molecule has 0 radical (unpaired) electrons. The highest BCUT2D eigenvalue weighted by molar-refractivity contribution is 5.83. The first-order valence-electron chi connectivity index (χ1n) is 15.2. The maximum absolute atomic E-state index is 6.05. The Morgan fingerprint density at radius 2 is 1.00 bits per heavy atom. The van der Waals surface area contributed by atoms with Crippen LogP contribution in [0.4, 0.5) is 0 Å². The first-order valence-corrected chi connectivity index (χ1v) is 15.2. The van der Waals surface area contributed by atoms with Gasteiger partial charge in [-0.25, -0.2) is 0 Å². The SMILES string of the molecule is CCCCCCCCCCCCCCCOc1ccc(-c2ccccc2-c2ccc(C(C)OC)cc2)cc1. The molecule has 2 heteroatoms. The van der Waals surface area contributed by atoms with Gasteiger partial charge in [-0.05, 0) is 53.3 Å². The van der Waals surface area contributed by atoms with Gasteiger partial charge in [0.25, 0.3) is 0 Å². The van der Waals surface area contributed by atoms with Gasteiger partial charge in [0, 0.05) is 7.11 Å². The molecule has 0 spiro atoms. The van der Waals surface area contributed by atoms with Crippen molar-refractivity contribution >= 4 is 0 Å². The lowest BCUT2D eigenvalue weighted by Gasteiger charge is -2.13. The van der Waals surface area contributed by atoms with E-state index in [9.17, 15) is 0 Å². The van der Waals surface area contributed by atoms with Crippen LogP contribution in [0.2, 0.25) is 0 Å². The molecule has 0 heterocycles. The summed E-state index contributed by atoms with van der Waals surface area (Å²) >= 11 is 0. The number of hydrogen-bond acceptors (Lipinski definition) is 2. The number of hydrogen-bond donors (Lipinski definition) is 0. The molecule has 0 fully saturated rings. The van der Waals surface area contributed by atoms with E-state index < -0.39 is 0 Å². The second-order valence-electron chi connectivity index (χ2n) is 10.7. The summed E-state index contributed by atoms with van der Waals surface area (Å²) in [5.74, 6) is 0.961. The van der Waals surface area contributed by atoms with Crippen molar-refractivity contribution in [3.8, 4) is 28.0 Å². The molecular weight excluding hydrogens is 464 g/mol. The van der Waals surface area contributed by atoms with Crippen LogP contribution in [0.1, 0.15) is 109 Å². The highest BCUT2D eigenvalue weighted by atomic mass is 16.5. The van der Waals surface area contributed by atoms with Gasteiger partial charge in [-0.1, -0.05) is 145 Å². The summed E-state index contributed by atoms with van der Waals surface area (Å²) in [4.78, 5) is 0. The maximum atomic E-state index is 6.05. The van der Waals surface area contributed by atoms with E-state index >= 15 is 0 Å². The van der Waals surface area contributed by atoms with Gasteiger partial charge in [0.1, 0.15) is 5.75 Å². The summed E-state index contributed by atoms with van der Waals surface area (Å²) < 4.78 is 11.5. The van der Waals surface area contributed by atoms with E-state index in [1.54, 1.807) is 7.11 Å². The molecule has 0 aliphatic rings. The molecule has 0 aliphatic heterocycles. The number of methoxy groups -OCH3 is 1. The van der Waals surface area contributed by atoms with E-state index in [0.29, 0.717) is 0 Å². The van der Waals surface area contributed by atoms with Gasteiger partial charge in [-0.3, -0.25) is 0 Å². The molecule has 38 heavy (non-hydrogen) atoms. The molecule has 3 aromatic carbocycles. The lowest BCUT2D eigenvalue weighted by atomic mass is 9.94. The third kappa shape index (κ3) is 10.3.